The Hall–Kier alpha value is -2.55. The lowest BCUT2D eigenvalue weighted by Crippen LogP contribution is -2.44. The van der Waals surface area contributed by atoms with Gasteiger partial charge in [0.05, 0.1) is 22.1 Å². The zero-order valence-electron chi connectivity index (χ0n) is 14.6. The van der Waals surface area contributed by atoms with Crippen molar-refractivity contribution in [2.75, 3.05) is 6.61 Å². The summed E-state index contributed by atoms with van der Waals surface area (Å²) in [5.74, 6) is -0.662. The second kappa shape index (κ2) is 8.64. The number of halogens is 1. The van der Waals surface area contributed by atoms with Gasteiger partial charge in [-0.3, -0.25) is 15.0 Å². The fourth-order valence-corrected chi connectivity index (χ4v) is 3.82. The van der Waals surface area contributed by atoms with Crippen LogP contribution in [0.25, 0.3) is 6.08 Å². The maximum atomic E-state index is 12.7. The molecule has 0 spiro atoms. The zero-order chi connectivity index (χ0) is 20.3. The van der Waals surface area contributed by atoms with Crippen molar-refractivity contribution in [3.63, 3.8) is 0 Å². The number of benzene rings is 2. The summed E-state index contributed by atoms with van der Waals surface area (Å²) >= 11 is 12.3. The van der Waals surface area contributed by atoms with Gasteiger partial charge in [-0.25, -0.2) is 0 Å². The molecule has 1 heterocycles. The van der Waals surface area contributed by atoms with E-state index >= 15 is 0 Å². The van der Waals surface area contributed by atoms with E-state index in [0.29, 0.717) is 22.8 Å². The third-order valence-corrected chi connectivity index (χ3v) is 5.34. The highest BCUT2D eigenvalue weighted by Gasteiger charge is 2.34. The van der Waals surface area contributed by atoms with E-state index < -0.39 is 11.8 Å². The van der Waals surface area contributed by atoms with Crippen LogP contribution in [0.1, 0.15) is 22.8 Å². The number of thiocarbonyl (C=S) groups is 1. The first-order chi connectivity index (χ1) is 13.4. The van der Waals surface area contributed by atoms with Crippen molar-refractivity contribution in [3.05, 3.63) is 63.5 Å². The molecule has 144 valence electrons. The zero-order valence-corrected chi connectivity index (χ0v) is 17.0. The van der Waals surface area contributed by atoms with Gasteiger partial charge in [0.2, 0.25) is 0 Å². The second-order valence-electron chi connectivity index (χ2n) is 5.60. The molecule has 0 aromatic heterocycles. The summed E-state index contributed by atoms with van der Waals surface area (Å²) in [6.07, 6.45) is 1.61. The van der Waals surface area contributed by atoms with Gasteiger partial charge in [0.25, 0.3) is 11.8 Å². The van der Waals surface area contributed by atoms with Crippen LogP contribution in [0.2, 0.25) is 5.02 Å². The molecule has 0 aliphatic carbocycles. The van der Waals surface area contributed by atoms with Crippen LogP contribution in [0.5, 0.6) is 11.5 Å². The first kappa shape index (κ1) is 20.2. The van der Waals surface area contributed by atoms with Crippen molar-refractivity contribution >= 4 is 57.8 Å². The van der Waals surface area contributed by atoms with Crippen molar-refractivity contribution in [1.29, 1.82) is 0 Å². The van der Waals surface area contributed by atoms with E-state index in [1.165, 1.54) is 6.07 Å². The van der Waals surface area contributed by atoms with Gasteiger partial charge in [-0.2, -0.15) is 5.01 Å². The number of hydrazine groups is 1. The molecule has 2 aromatic carbocycles. The fourth-order valence-electron chi connectivity index (χ4n) is 2.41. The molecule has 0 atom stereocenters. The smallest absolute Gasteiger partial charge is 0.285 e. The first-order valence-electron chi connectivity index (χ1n) is 8.20. The topological polar surface area (TPSA) is 78.9 Å². The summed E-state index contributed by atoms with van der Waals surface area (Å²) < 4.78 is 5.54. The van der Waals surface area contributed by atoms with Crippen molar-refractivity contribution < 1.29 is 19.4 Å². The molecule has 0 saturated carbocycles. The monoisotopic (exact) mass is 434 g/mol. The van der Waals surface area contributed by atoms with Crippen LogP contribution < -0.4 is 10.2 Å². The molecule has 1 aliphatic rings. The summed E-state index contributed by atoms with van der Waals surface area (Å²) in [6, 6.07) is 11.3. The Morgan fingerprint density at radius 2 is 2.11 bits per heavy atom. The minimum atomic E-state index is -0.536. The van der Waals surface area contributed by atoms with E-state index in [4.69, 9.17) is 28.6 Å². The number of amides is 2. The SMILES string of the molecule is CCOc1cc(/C=C2/SC(=S)N(NC(=O)c3ccccc3Cl)C2=O)ccc1O. The van der Waals surface area contributed by atoms with Crippen LogP contribution in [0.15, 0.2) is 47.4 Å². The molecular formula is C19H15ClN2O4S2. The molecule has 2 amide bonds. The third-order valence-electron chi connectivity index (χ3n) is 3.71. The van der Waals surface area contributed by atoms with Gasteiger partial charge in [0.1, 0.15) is 0 Å². The average Bonchev–Trinajstić information content (AvgIpc) is 2.92. The molecule has 1 fully saturated rings. The van der Waals surface area contributed by atoms with Crippen LogP contribution >= 0.6 is 35.6 Å². The van der Waals surface area contributed by atoms with E-state index in [2.05, 4.69) is 5.43 Å². The number of ether oxygens (including phenoxy) is 1. The molecule has 1 saturated heterocycles. The Labute approximate surface area is 176 Å². The number of carbonyl (C=O) groups is 2. The number of aromatic hydroxyl groups is 1. The van der Waals surface area contributed by atoms with Crippen LogP contribution in [0, 0.1) is 0 Å². The molecule has 9 heteroatoms. The molecule has 6 nitrogen and oxygen atoms in total. The molecular weight excluding hydrogens is 420 g/mol. The minimum Gasteiger partial charge on any atom is -0.504 e. The summed E-state index contributed by atoms with van der Waals surface area (Å²) in [5.41, 5.74) is 3.37. The average molecular weight is 435 g/mol. The predicted octanol–water partition coefficient (Wildman–Crippen LogP) is 3.99. The standard InChI is InChI=1S/C19H15ClN2O4S2/c1-2-26-15-9-11(7-8-14(15)23)10-16-18(25)22(19(27)28-16)21-17(24)12-5-3-4-6-13(12)20/h3-10,23H,2H2,1H3,(H,21,24)/b16-10+. The number of hydrogen-bond donors (Lipinski definition) is 2. The van der Waals surface area contributed by atoms with Gasteiger partial charge < -0.3 is 9.84 Å². The van der Waals surface area contributed by atoms with Crippen LogP contribution in [-0.4, -0.2) is 32.9 Å². The van der Waals surface area contributed by atoms with E-state index in [1.54, 1.807) is 49.4 Å². The third kappa shape index (κ3) is 4.30. The van der Waals surface area contributed by atoms with Crippen LogP contribution in [-0.2, 0) is 4.79 Å². The predicted molar refractivity (Wildman–Crippen MR) is 113 cm³/mol. The number of rotatable bonds is 5. The maximum absolute atomic E-state index is 12.7. The summed E-state index contributed by atoms with van der Waals surface area (Å²) in [7, 11) is 0. The van der Waals surface area contributed by atoms with Crippen molar-refractivity contribution in [2.24, 2.45) is 0 Å². The molecule has 0 radical (unpaired) electrons. The van der Waals surface area contributed by atoms with E-state index in [-0.39, 0.29) is 20.7 Å². The molecule has 3 rings (SSSR count). The lowest BCUT2D eigenvalue weighted by Gasteiger charge is -2.16. The summed E-state index contributed by atoms with van der Waals surface area (Å²) in [4.78, 5) is 25.4. The number of carbonyl (C=O) groups excluding carboxylic acids is 2. The van der Waals surface area contributed by atoms with Gasteiger partial charge in [-0.1, -0.05) is 41.6 Å². The maximum Gasteiger partial charge on any atom is 0.285 e. The van der Waals surface area contributed by atoms with E-state index in [9.17, 15) is 14.7 Å². The molecule has 2 N–H and O–H groups in total. The Morgan fingerprint density at radius 1 is 1.36 bits per heavy atom. The summed E-state index contributed by atoms with van der Waals surface area (Å²) in [5, 5.41) is 11.1. The Morgan fingerprint density at radius 3 is 2.82 bits per heavy atom. The molecule has 0 unspecified atom stereocenters. The highest BCUT2D eigenvalue weighted by atomic mass is 35.5. The number of phenolic OH excluding ortho intramolecular Hbond substituents is 1. The quantitative estimate of drug-likeness (QED) is 0.547. The van der Waals surface area contributed by atoms with Gasteiger partial charge >= 0.3 is 0 Å². The molecule has 2 aromatic rings. The Kier molecular flexibility index (Phi) is 6.23. The van der Waals surface area contributed by atoms with Gasteiger partial charge in [-0.05, 0) is 55.0 Å². The largest absolute Gasteiger partial charge is 0.504 e. The number of phenols is 1. The molecule has 1 aliphatic heterocycles. The number of thioether (sulfide) groups is 1. The van der Waals surface area contributed by atoms with Crippen LogP contribution in [0.4, 0.5) is 0 Å². The molecule has 28 heavy (non-hydrogen) atoms. The van der Waals surface area contributed by atoms with Crippen molar-refractivity contribution in [1.82, 2.24) is 10.4 Å². The number of hydrogen-bond acceptors (Lipinski definition) is 6. The fraction of sp³-hybridized carbons (Fsp3) is 0.105. The van der Waals surface area contributed by atoms with Gasteiger partial charge in [-0.15, -0.1) is 0 Å². The van der Waals surface area contributed by atoms with E-state index in [1.807, 2.05) is 0 Å². The Balaban J connectivity index is 1.80. The van der Waals surface area contributed by atoms with Crippen molar-refractivity contribution in [2.45, 2.75) is 6.92 Å². The second-order valence-corrected chi connectivity index (χ2v) is 7.68. The van der Waals surface area contributed by atoms with E-state index in [0.717, 1.165) is 16.8 Å². The first-order valence-corrected chi connectivity index (χ1v) is 9.80. The lowest BCUT2D eigenvalue weighted by atomic mass is 10.2. The van der Waals surface area contributed by atoms with Gasteiger partial charge in [0, 0.05) is 0 Å². The van der Waals surface area contributed by atoms with Gasteiger partial charge in [0.15, 0.2) is 15.8 Å². The summed E-state index contributed by atoms with van der Waals surface area (Å²) in [6.45, 7) is 2.20. The lowest BCUT2D eigenvalue weighted by molar-refractivity contribution is -0.123. The highest BCUT2D eigenvalue weighted by Crippen LogP contribution is 2.34. The highest BCUT2D eigenvalue weighted by molar-refractivity contribution is 8.26. The normalized spacial score (nSPS) is 15.2. The minimum absolute atomic E-state index is 0.0125. The molecule has 0 bridgehead atoms. The van der Waals surface area contributed by atoms with Crippen LogP contribution in [0.3, 0.4) is 0 Å². The Bertz CT molecular complexity index is 994. The van der Waals surface area contributed by atoms with Crippen molar-refractivity contribution in [3.8, 4) is 11.5 Å². The number of nitrogens with one attached hydrogen (secondary N) is 1. The number of nitrogens with zero attached hydrogens (tertiary/aromatic N) is 1.